The second-order valence-corrected chi connectivity index (χ2v) is 7.20. The molecule has 2 N–H and O–H groups in total. The Morgan fingerprint density at radius 3 is 2.70 bits per heavy atom. The zero-order valence-corrected chi connectivity index (χ0v) is 15.7. The summed E-state index contributed by atoms with van der Waals surface area (Å²) in [5, 5.41) is 20.6. The number of piperidine rings is 1. The normalized spacial score (nSPS) is 18.7. The van der Waals surface area contributed by atoms with E-state index in [1.54, 1.807) is 24.3 Å². The smallest absolute Gasteiger partial charge is 0.246 e. The molecule has 27 heavy (non-hydrogen) atoms. The molecule has 2 aliphatic rings. The summed E-state index contributed by atoms with van der Waals surface area (Å²) in [6.07, 6.45) is 8.18. The van der Waals surface area contributed by atoms with E-state index in [0.717, 1.165) is 45.2 Å². The van der Waals surface area contributed by atoms with Gasteiger partial charge in [-0.3, -0.25) is 4.79 Å². The molecule has 0 radical (unpaired) electrons. The molecule has 0 spiro atoms. The number of unbranched alkanes of at least 4 members (excludes halogenated alkanes) is 2. The number of aliphatic hydroxyl groups is 2. The Labute approximate surface area is 160 Å². The van der Waals surface area contributed by atoms with Crippen molar-refractivity contribution >= 4 is 5.91 Å². The molecule has 1 aromatic carbocycles. The first-order chi connectivity index (χ1) is 13.1. The van der Waals surface area contributed by atoms with Crippen LogP contribution in [-0.2, 0) is 4.79 Å². The molecule has 1 amide bonds. The Kier molecular flexibility index (Phi) is 7.12. The lowest BCUT2D eigenvalue weighted by Crippen LogP contribution is -2.34. The number of fused-ring (bicyclic) bond motifs is 1. The molecule has 1 fully saturated rings. The molecule has 0 bridgehead atoms. The third kappa shape index (κ3) is 5.47. The average Bonchev–Trinajstić information content (AvgIpc) is 3.18. The molecule has 0 aliphatic carbocycles. The number of amides is 1. The molecule has 2 aliphatic heterocycles. The summed E-state index contributed by atoms with van der Waals surface area (Å²) in [7, 11) is 0. The molecule has 3 rings (SSSR count). The summed E-state index contributed by atoms with van der Waals surface area (Å²) in [6, 6.07) is 5.21. The van der Waals surface area contributed by atoms with Crippen molar-refractivity contribution < 1.29 is 24.5 Å². The molecule has 148 valence electrons. The summed E-state index contributed by atoms with van der Waals surface area (Å²) in [5.74, 6) is 1.36. The molecular formula is C21H29NO5. The second-order valence-electron chi connectivity index (χ2n) is 7.20. The topological polar surface area (TPSA) is 79.2 Å². The summed E-state index contributed by atoms with van der Waals surface area (Å²) in [6.45, 7) is 1.92. The highest BCUT2D eigenvalue weighted by Gasteiger charge is 2.21. The van der Waals surface area contributed by atoms with E-state index in [1.165, 1.54) is 6.42 Å². The van der Waals surface area contributed by atoms with Crippen LogP contribution in [0, 0.1) is 0 Å². The summed E-state index contributed by atoms with van der Waals surface area (Å²) >= 11 is 0. The lowest BCUT2D eigenvalue weighted by molar-refractivity contribution is -0.126. The van der Waals surface area contributed by atoms with Gasteiger partial charge < -0.3 is 24.6 Å². The van der Waals surface area contributed by atoms with Crippen LogP contribution in [0.3, 0.4) is 0 Å². The second kappa shape index (κ2) is 9.76. The van der Waals surface area contributed by atoms with Crippen LogP contribution in [0.4, 0.5) is 0 Å². The van der Waals surface area contributed by atoms with Gasteiger partial charge in [-0.25, -0.2) is 0 Å². The van der Waals surface area contributed by atoms with Crippen LogP contribution in [0.15, 0.2) is 30.4 Å². The first kappa shape index (κ1) is 19.7. The zero-order chi connectivity index (χ0) is 19.1. The number of nitrogens with zero attached hydrogens (tertiary/aromatic N) is 1. The van der Waals surface area contributed by atoms with Gasteiger partial charge in [0.15, 0.2) is 11.5 Å². The summed E-state index contributed by atoms with van der Waals surface area (Å²) in [5.41, 5.74) is 0.624. The van der Waals surface area contributed by atoms with Crippen LogP contribution < -0.4 is 9.47 Å². The molecule has 2 heterocycles. The fraction of sp³-hybridized carbons (Fsp3) is 0.571. The number of aliphatic hydroxyl groups excluding tert-OH is 2. The van der Waals surface area contributed by atoms with Gasteiger partial charge in [0.2, 0.25) is 12.7 Å². The highest BCUT2D eigenvalue weighted by atomic mass is 16.7. The van der Waals surface area contributed by atoms with Gasteiger partial charge in [0, 0.05) is 13.1 Å². The van der Waals surface area contributed by atoms with E-state index in [2.05, 4.69) is 0 Å². The van der Waals surface area contributed by atoms with Crippen molar-refractivity contribution in [2.24, 2.45) is 0 Å². The average molecular weight is 375 g/mol. The van der Waals surface area contributed by atoms with Crippen LogP contribution in [0.5, 0.6) is 11.5 Å². The Balaban J connectivity index is 1.34. The van der Waals surface area contributed by atoms with E-state index in [4.69, 9.17) is 9.47 Å². The van der Waals surface area contributed by atoms with E-state index >= 15 is 0 Å². The maximum Gasteiger partial charge on any atom is 0.246 e. The van der Waals surface area contributed by atoms with Gasteiger partial charge in [-0.05, 0) is 62.3 Å². The molecule has 0 saturated carbocycles. The van der Waals surface area contributed by atoms with Gasteiger partial charge in [-0.15, -0.1) is 0 Å². The van der Waals surface area contributed by atoms with E-state index in [-0.39, 0.29) is 12.7 Å². The van der Waals surface area contributed by atoms with Gasteiger partial charge in [0.05, 0.1) is 6.10 Å². The van der Waals surface area contributed by atoms with Crippen LogP contribution in [0.1, 0.15) is 56.6 Å². The maximum atomic E-state index is 12.0. The predicted molar refractivity (Wildman–Crippen MR) is 102 cm³/mol. The Morgan fingerprint density at radius 1 is 1.11 bits per heavy atom. The highest BCUT2D eigenvalue weighted by molar-refractivity contribution is 5.87. The molecule has 1 saturated heterocycles. The molecule has 0 aromatic heterocycles. The number of benzene rings is 1. The Morgan fingerprint density at radius 2 is 1.89 bits per heavy atom. The highest BCUT2D eigenvalue weighted by Crippen LogP contribution is 2.35. The maximum absolute atomic E-state index is 12.0. The minimum atomic E-state index is -0.948. The standard InChI is InChI=1S/C21H29NO5/c23-17(21(25)16-10-11-18-19(14-16)27-15-26-18)8-4-1-2-5-9-20(24)22-12-6-3-7-13-22/h5,9-11,14,17,21,23,25H,1-4,6-8,12-13,15H2/b9-5+. The number of ether oxygens (including phenoxy) is 2. The van der Waals surface area contributed by atoms with E-state index in [9.17, 15) is 15.0 Å². The predicted octanol–water partition coefficient (Wildman–Crippen LogP) is 2.94. The number of hydrogen-bond donors (Lipinski definition) is 2. The quantitative estimate of drug-likeness (QED) is 0.539. The third-order valence-electron chi connectivity index (χ3n) is 5.15. The number of carbonyl (C=O) groups excluding carboxylic acids is 1. The van der Waals surface area contributed by atoms with Gasteiger partial charge in [-0.2, -0.15) is 0 Å². The first-order valence-electron chi connectivity index (χ1n) is 9.86. The van der Waals surface area contributed by atoms with Crippen molar-refractivity contribution in [2.45, 2.75) is 57.2 Å². The minimum Gasteiger partial charge on any atom is -0.454 e. The number of rotatable bonds is 8. The monoisotopic (exact) mass is 375 g/mol. The summed E-state index contributed by atoms with van der Waals surface area (Å²) < 4.78 is 10.6. The minimum absolute atomic E-state index is 0.105. The molecule has 1 aromatic rings. The van der Waals surface area contributed by atoms with Crippen LogP contribution >= 0.6 is 0 Å². The Bertz CT molecular complexity index is 654. The number of carbonyl (C=O) groups is 1. The fourth-order valence-corrected chi connectivity index (χ4v) is 3.50. The zero-order valence-electron chi connectivity index (χ0n) is 15.7. The number of likely N-dealkylation sites (tertiary alicyclic amines) is 1. The van der Waals surface area contributed by atoms with E-state index in [1.807, 2.05) is 11.0 Å². The van der Waals surface area contributed by atoms with Gasteiger partial charge >= 0.3 is 0 Å². The molecule has 2 unspecified atom stereocenters. The summed E-state index contributed by atoms with van der Waals surface area (Å²) in [4.78, 5) is 13.9. The number of allylic oxidation sites excluding steroid dienone is 1. The molecule has 6 heteroatoms. The lowest BCUT2D eigenvalue weighted by Gasteiger charge is -2.25. The molecule has 2 atom stereocenters. The van der Waals surface area contributed by atoms with Gasteiger partial charge in [-0.1, -0.05) is 18.6 Å². The number of hydrogen-bond acceptors (Lipinski definition) is 5. The van der Waals surface area contributed by atoms with Crippen LogP contribution in [-0.4, -0.2) is 47.0 Å². The van der Waals surface area contributed by atoms with E-state index < -0.39 is 12.2 Å². The van der Waals surface area contributed by atoms with Crippen molar-refractivity contribution in [3.8, 4) is 11.5 Å². The largest absolute Gasteiger partial charge is 0.454 e. The third-order valence-corrected chi connectivity index (χ3v) is 5.15. The molecule has 6 nitrogen and oxygen atoms in total. The van der Waals surface area contributed by atoms with Crippen LogP contribution in [0.25, 0.3) is 0 Å². The van der Waals surface area contributed by atoms with Crippen molar-refractivity contribution in [1.82, 2.24) is 4.90 Å². The van der Waals surface area contributed by atoms with E-state index in [0.29, 0.717) is 23.5 Å². The molecular weight excluding hydrogens is 346 g/mol. The lowest BCUT2D eigenvalue weighted by atomic mass is 9.99. The van der Waals surface area contributed by atoms with Crippen molar-refractivity contribution in [2.75, 3.05) is 19.9 Å². The van der Waals surface area contributed by atoms with Crippen LogP contribution in [0.2, 0.25) is 0 Å². The fourth-order valence-electron chi connectivity index (χ4n) is 3.50. The van der Waals surface area contributed by atoms with Gasteiger partial charge in [0.25, 0.3) is 0 Å². The Hall–Kier alpha value is -2.05. The SMILES string of the molecule is O=C(/C=C/CCCCC(O)C(O)c1ccc2c(c1)OCO2)N1CCCCC1. The van der Waals surface area contributed by atoms with Gasteiger partial charge in [0.1, 0.15) is 6.10 Å². The van der Waals surface area contributed by atoms with Crippen molar-refractivity contribution in [3.63, 3.8) is 0 Å². The van der Waals surface area contributed by atoms with Crippen molar-refractivity contribution in [1.29, 1.82) is 0 Å². The first-order valence-corrected chi connectivity index (χ1v) is 9.86. The van der Waals surface area contributed by atoms with Crippen molar-refractivity contribution in [3.05, 3.63) is 35.9 Å².